The normalized spacial score (nSPS) is 29.9. The van der Waals surface area contributed by atoms with Crippen molar-refractivity contribution in [3.05, 3.63) is 35.2 Å². The van der Waals surface area contributed by atoms with Crippen LogP contribution in [0, 0.1) is 34.5 Å². The van der Waals surface area contributed by atoms with E-state index >= 15 is 0 Å². The zero-order valence-corrected chi connectivity index (χ0v) is 21.5. The molecule has 0 saturated heterocycles. The van der Waals surface area contributed by atoms with E-state index in [0.29, 0.717) is 60.1 Å². The first-order valence-electron chi connectivity index (χ1n) is 13.4. The first-order chi connectivity index (χ1) is 18.1. The van der Waals surface area contributed by atoms with Gasteiger partial charge >= 0.3 is 6.36 Å². The molecule has 0 aromatic carbocycles. The number of hydrogen-bond donors (Lipinski definition) is 3. The Balaban J connectivity index is 1.23. The zero-order chi connectivity index (χ0) is 26.9. The van der Waals surface area contributed by atoms with Crippen LogP contribution in [0.2, 0.25) is 0 Å². The van der Waals surface area contributed by atoms with E-state index in [-0.39, 0.29) is 29.5 Å². The molecule has 38 heavy (non-hydrogen) atoms. The topological polar surface area (TPSA) is 117 Å². The highest BCUT2D eigenvalue weighted by molar-refractivity contribution is 5.77. The molecule has 11 heteroatoms. The minimum Gasteiger partial charge on any atom is -0.406 e. The number of anilines is 1. The average Bonchev–Trinajstić information content (AvgIpc) is 2.85. The predicted octanol–water partition coefficient (Wildman–Crippen LogP) is 3.47. The van der Waals surface area contributed by atoms with Crippen LogP contribution in [-0.2, 0) is 9.53 Å². The lowest BCUT2D eigenvalue weighted by atomic mass is 9.48. The van der Waals surface area contributed by atoms with Gasteiger partial charge in [0.25, 0.3) is 0 Å². The number of hydrogen-bond acceptors (Lipinski definition) is 7. The fourth-order valence-corrected chi connectivity index (χ4v) is 7.34. The van der Waals surface area contributed by atoms with Gasteiger partial charge in [-0.3, -0.25) is 10.1 Å². The molecule has 1 heterocycles. The van der Waals surface area contributed by atoms with Crippen LogP contribution in [-0.4, -0.2) is 47.8 Å². The molecular formula is C27H34F3N6O2+. The Morgan fingerprint density at radius 1 is 1.24 bits per heavy atom. The second kappa shape index (κ2) is 10.7. The summed E-state index contributed by atoms with van der Waals surface area (Å²) < 4.78 is 42.5. The van der Waals surface area contributed by atoms with Crippen molar-refractivity contribution >= 4 is 17.5 Å². The third-order valence-electron chi connectivity index (χ3n) is 8.52. The Morgan fingerprint density at radius 2 is 1.97 bits per heavy atom. The van der Waals surface area contributed by atoms with E-state index in [2.05, 4.69) is 31.4 Å². The number of quaternary nitrogens is 1. The van der Waals surface area contributed by atoms with E-state index in [4.69, 9.17) is 0 Å². The fraction of sp³-hybridized carbons (Fsp3) is 0.630. The number of allylic oxidation sites excluding steroid dienone is 2. The minimum atomic E-state index is -4.75. The van der Waals surface area contributed by atoms with Crippen LogP contribution in [0.5, 0.6) is 0 Å². The van der Waals surface area contributed by atoms with Crippen molar-refractivity contribution in [2.75, 3.05) is 25.0 Å². The van der Waals surface area contributed by atoms with Gasteiger partial charge < -0.3 is 15.4 Å². The molecule has 1 aromatic rings. The minimum absolute atomic E-state index is 0.0802. The average molecular weight is 532 g/mol. The van der Waals surface area contributed by atoms with Crippen molar-refractivity contribution in [3.63, 3.8) is 0 Å². The Kier molecular flexibility index (Phi) is 7.47. The van der Waals surface area contributed by atoms with Gasteiger partial charge in [0.2, 0.25) is 11.8 Å². The Morgan fingerprint density at radius 3 is 2.66 bits per heavy atom. The second-order valence-corrected chi connectivity index (χ2v) is 11.4. The lowest BCUT2D eigenvalue weighted by Gasteiger charge is -2.59. The molecule has 4 fully saturated rings. The summed E-state index contributed by atoms with van der Waals surface area (Å²) in [6, 6.07) is 2.57. The van der Waals surface area contributed by atoms with Gasteiger partial charge in [-0.25, -0.2) is 4.98 Å². The van der Waals surface area contributed by atoms with Crippen LogP contribution >= 0.6 is 0 Å². The van der Waals surface area contributed by atoms with Gasteiger partial charge in [0.15, 0.2) is 5.56 Å². The molecule has 8 nitrogen and oxygen atoms in total. The first kappa shape index (κ1) is 26.6. The predicted molar refractivity (Wildman–Crippen MR) is 133 cm³/mol. The lowest BCUT2D eigenvalue weighted by Crippen LogP contribution is -2.83. The molecule has 6 rings (SSSR count). The van der Waals surface area contributed by atoms with Crippen molar-refractivity contribution in [3.8, 4) is 6.07 Å². The number of rotatable bonds is 10. The molecule has 2 atom stereocenters. The molecule has 4 N–H and O–H groups in total. The van der Waals surface area contributed by atoms with Crippen LogP contribution in [0.3, 0.4) is 0 Å². The number of ether oxygens (including phenoxy) is 1. The number of nitriles is 1. The molecular weight excluding hydrogens is 497 g/mol. The van der Waals surface area contributed by atoms with E-state index in [9.17, 15) is 23.2 Å². The number of aromatic nitrogens is 2. The monoisotopic (exact) mass is 531 g/mol. The number of nitrogens with two attached hydrogens (primary N) is 1. The summed E-state index contributed by atoms with van der Waals surface area (Å²) in [6.07, 6.45) is 6.79. The number of Topliss-reactive ketones (excluding diaryl/α,β-unsaturated/α-hetero) is 1. The van der Waals surface area contributed by atoms with Crippen molar-refractivity contribution in [1.29, 1.82) is 5.26 Å². The number of nitrogens with zero attached hydrogens (tertiary/aromatic N) is 3. The number of alkyl halides is 3. The summed E-state index contributed by atoms with van der Waals surface area (Å²) in [5, 5.41) is 18.2. The summed E-state index contributed by atoms with van der Waals surface area (Å²) in [7, 11) is 0. The summed E-state index contributed by atoms with van der Waals surface area (Å²) in [4.78, 5) is 20.3. The standard InChI is InChI=1S/C27H33F3N6O2/c1-16(37)12-32-23-19-6-17-7-20(23)10-26(8-17,9-19)15-35-24-21(11-31)14-34-25(36-24)33-13-18-4-2-3-5-22(18)38-27(28,29)30/h4-5,14,17,19-20,23,32H,2-3,6-10,12-13,15H2,1H3,(H2,33,34,35,36)/p+1. The maximum absolute atomic E-state index is 12.8. The number of ketones is 1. The third kappa shape index (κ3) is 6.02. The highest BCUT2D eigenvalue weighted by atomic mass is 19.4. The Labute approximate surface area is 220 Å². The van der Waals surface area contributed by atoms with Crippen LogP contribution < -0.4 is 16.0 Å². The molecule has 4 saturated carbocycles. The summed E-state index contributed by atoms with van der Waals surface area (Å²) >= 11 is 0. The highest BCUT2D eigenvalue weighted by Crippen LogP contribution is 2.59. The van der Waals surface area contributed by atoms with Gasteiger partial charge in [-0.15, -0.1) is 13.2 Å². The molecule has 0 spiro atoms. The SMILES string of the molecule is CC(=O)CNC1C2CC3CC1CC(C[NH2+]c1nc(NCC4=CCCC=C4OC(F)(F)F)ncc1C#N)(C3)C2. The van der Waals surface area contributed by atoms with E-state index in [0.717, 1.165) is 19.4 Å². The molecule has 5 aliphatic carbocycles. The second-order valence-electron chi connectivity index (χ2n) is 11.4. The van der Waals surface area contributed by atoms with Crippen LogP contribution in [0.25, 0.3) is 0 Å². The van der Waals surface area contributed by atoms with Gasteiger partial charge in [0.1, 0.15) is 17.6 Å². The van der Waals surface area contributed by atoms with Gasteiger partial charge in [0, 0.05) is 23.6 Å². The van der Waals surface area contributed by atoms with Crippen molar-refractivity contribution in [2.45, 2.75) is 64.3 Å². The molecule has 0 aliphatic heterocycles. The number of carbonyl (C=O) groups is 1. The van der Waals surface area contributed by atoms with Crippen molar-refractivity contribution in [2.24, 2.45) is 23.2 Å². The van der Waals surface area contributed by atoms with Crippen LogP contribution in [0.15, 0.2) is 29.7 Å². The van der Waals surface area contributed by atoms with Crippen LogP contribution in [0.1, 0.15) is 57.4 Å². The third-order valence-corrected chi connectivity index (χ3v) is 8.52. The largest absolute Gasteiger partial charge is 0.573 e. The molecule has 0 amide bonds. The summed E-state index contributed by atoms with van der Waals surface area (Å²) in [5.74, 6) is 2.61. The maximum atomic E-state index is 12.8. The number of halogens is 3. The first-order valence-corrected chi connectivity index (χ1v) is 13.4. The van der Waals surface area contributed by atoms with Crippen molar-refractivity contribution in [1.82, 2.24) is 15.3 Å². The van der Waals surface area contributed by atoms with Gasteiger partial charge in [0.05, 0.1) is 19.3 Å². The van der Waals surface area contributed by atoms with E-state index < -0.39 is 6.36 Å². The molecule has 5 aliphatic rings. The molecule has 204 valence electrons. The number of carbonyl (C=O) groups excluding carboxylic acids is 1. The van der Waals surface area contributed by atoms with Crippen molar-refractivity contribution < 1.29 is 28.0 Å². The smallest absolute Gasteiger partial charge is 0.406 e. The quantitative estimate of drug-likeness (QED) is 0.423. The van der Waals surface area contributed by atoms with Crippen LogP contribution in [0.4, 0.5) is 24.9 Å². The molecule has 0 radical (unpaired) electrons. The maximum Gasteiger partial charge on any atom is 0.573 e. The Bertz CT molecular complexity index is 1160. The zero-order valence-electron chi connectivity index (χ0n) is 21.5. The summed E-state index contributed by atoms with van der Waals surface area (Å²) in [6.45, 7) is 2.95. The molecule has 4 bridgehead atoms. The highest BCUT2D eigenvalue weighted by Gasteiger charge is 2.56. The van der Waals surface area contributed by atoms with E-state index in [1.807, 2.05) is 5.32 Å². The summed E-state index contributed by atoms with van der Waals surface area (Å²) in [5.41, 5.74) is 0.949. The van der Waals surface area contributed by atoms with Gasteiger partial charge in [-0.05, 0) is 75.7 Å². The number of nitrogens with one attached hydrogen (secondary N) is 2. The van der Waals surface area contributed by atoms with E-state index in [1.165, 1.54) is 31.5 Å². The lowest BCUT2D eigenvalue weighted by molar-refractivity contribution is -0.593. The van der Waals surface area contributed by atoms with Gasteiger partial charge in [-0.1, -0.05) is 6.08 Å². The molecule has 1 aromatic heterocycles. The van der Waals surface area contributed by atoms with Gasteiger partial charge in [-0.2, -0.15) is 10.2 Å². The fourth-order valence-electron chi connectivity index (χ4n) is 7.34. The van der Waals surface area contributed by atoms with E-state index in [1.54, 1.807) is 13.0 Å². The molecule has 2 unspecified atom stereocenters. The Hall–Kier alpha value is -2.97.